The molecule has 0 aromatic heterocycles. The van der Waals surface area contributed by atoms with Gasteiger partial charge in [-0.3, -0.25) is 4.79 Å². The highest BCUT2D eigenvalue weighted by Crippen LogP contribution is 2.30. The highest BCUT2D eigenvalue weighted by atomic mass is 19.4. The monoisotopic (exact) mass is 282 g/mol. The fourth-order valence-corrected chi connectivity index (χ4v) is 1.57. The van der Waals surface area contributed by atoms with Crippen molar-refractivity contribution >= 4 is 12.0 Å². The number of carboxylic acid groups (broad SMARTS) is 1. The van der Waals surface area contributed by atoms with E-state index < -0.39 is 30.6 Å². The maximum atomic E-state index is 12.3. The van der Waals surface area contributed by atoms with Crippen LogP contribution in [-0.4, -0.2) is 47.3 Å². The van der Waals surface area contributed by atoms with Gasteiger partial charge in [-0.1, -0.05) is 6.92 Å². The largest absolute Gasteiger partial charge is 0.481 e. The molecule has 0 radical (unpaired) electrons. The van der Waals surface area contributed by atoms with E-state index in [-0.39, 0.29) is 19.0 Å². The predicted molar refractivity (Wildman–Crippen MR) is 60.6 cm³/mol. The Labute approximate surface area is 108 Å². The Hall–Kier alpha value is -1.47. The second-order valence-electron chi connectivity index (χ2n) is 4.73. The van der Waals surface area contributed by atoms with E-state index in [1.54, 1.807) is 0 Å². The van der Waals surface area contributed by atoms with Crippen molar-refractivity contribution in [2.75, 3.05) is 13.1 Å². The van der Waals surface area contributed by atoms with E-state index in [0.717, 1.165) is 4.90 Å². The van der Waals surface area contributed by atoms with Gasteiger partial charge in [0.05, 0.1) is 5.92 Å². The lowest BCUT2D eigenvalue weighted by Gasteiger charge is -2.24. The van der Waals surface area contributed by atoms with E-state index in [1.807, 2.05) is 0 Å². The summed E-state index contributed by atoms with van der Waals surface area (Å²) < 4.78 is 36.9. The summed E-state index contributed by atoms with van der Waals surface area (Å²) >= 11 is 0. The Bertz CT molecular complexity index is 343. The van der Waals surface area contributed by atoms with E-state index >= 15 is 0 Å². The first-order valence-corrected chi connectivity index (χ1v) is 6.04. The molecule has 5 nitrogen and oxygen atoms in total. The molecule has 1 saturated carbocycles. The fourth-order valence-electron chi connectivity index (χ4n) is 1.57. The van der Waals surface area contributed by atoms with Gasteiger partial charge in [-0.15, -0.1) is 0 Å². The zero-order valence-electron chi connectivity index (χ0n) is 10.5. The van der Waals surface area contributed by atoms with Crippen molar-refractivity contribution in [1.29, 1.82) is 0 Å². The Kier molecular flexibility index (Phi) is 5.02. The normalized spacial score (nSPS) is 16.8. The second kappa shape index (κ2) is 6.12. The summed E-state index contributed by atoms with van der Waals surface area (Å²) in [6.07, 6.45) is -3.08. The zero-order valence-corrected chi connectivity index (χ0v) is 10.5. The number of alkyl halides is 3. The summed E-state index contributed by atoms with van der Waals surface area (Å²) in [7, 11) is 0. The maximum absolute atomic E-state index is 12.3. The van der Waals surface area contributed by atoms with Crippen LogP contribution in [0.1, 0.15) is 26.2 Å². The number of rotatable bonds is 6. The van der Waals surface area contributed by atoms with Gasteiger partial charge in [0.15, 0.2) is 0 Å². The molecule has 19 heavy (non-hydrogen) atoms. The molecule has 0 heterocycles. The first-order valence-electron chi connectivity index (χ1n) is 6.04. The van der Waals surface area contributed by atoms with Crippen LogP contribution in [0.2, 0.25) is 0 Å². The molecule has 0 aromatic carbocycles. The number of hydrogen-bond donors (Lipinski definition) is 2. The molecule has 2 amide bonds. The smallest absolute Gasteiger partial charge is 0.406 e. The minimum atomic E-state index is -4.42. The van der Waals surface area contributed by atoms with Gasteiger partial charge in [-0.25, -0.2) is 4.79 Å². The molecular weight excluding hydrogens is 265 g/mol. The van der Waals surface area contributed by atoms with Crippen molar-refractivity contribution < 1.29 is 27.9 Å². The van der Waals surface area contributed by atoms with Gasteiger partial charge in [0.25, 0.3) is 0 Å². The van der Waals surface area contributed by atoms with Crippen molar-refractivity contribution in [3.8, 4) is 0 Å². The van der Waals surface area contributed by atoms with Crippen LogP contribution in [0, 0.1) is 5.92 Å². The summed E-state index contributed by atoms with van der Waals surface area (Å²) in [4.78, 5) is 22.9. The predicted octanol–water partition coefficient (Wildman–Crippen LogP) is 1.83. The molecule has 110 valence electrons. The molecule has 1 atom stereocenters. The van der Waals surface area contributed by atoms with Gasteiger partial charge >= 0.3 is 18.2 Å². The van der Waals surface area contributed by atoms with Crippen LogP contribution in [0.4, 0.5) is 18.0 Å². The first kappa shape index (κ1) is 15.6. The third-order valence-electron chi connectivity index (χ3n) is 2.87. The quantitative estimate of drug-likeness (QED) is 0.781. The number of carboxylic acids is 1. The maximum Gasteiger partial charge on any atom is 0.406 e. The van der Waals surface area contributed by atoms with Crippen LogP contribution in [0.25, 0.3) is 0 Å². The van der Waals surface area contributed by atoms with Crippen LogP contribution in [0.3, 0.4) is 0 Å². The number of halogens is 3. The van der Waals surface area contributed by atoms with Crippen molar-refractivity contribution in [1.82, 2.24) is 10.2 Å². The van der Waals surface area contributed by atoms with Gasteiger partial charge in [0, 0.05) is 12.6 Å². The number of urea groups is 1. The Morgan fingerprint density at radius 2 is 2.00 bits per heavy atom. The second-order valence-corrected chi connectivity index (χ2v) is 4.73. The first-order chi connectivity index (χ1) is 8.70. The van der Waals surface area contributed by atoms with Gasteiger partial charge in [0.2, 0.25) is 0 Å². The van der Waals surface area contributed by atoms with E-state index in [0.29, 0.717) is 12.8 Å². The summed E-state index contributed by atoms with van der Waals surface area (Å²) in [6.45, 7) is 0.258. The van der Waals surface area contributed by atoms with Crippen LogP contribution in [0.5, 0.6) is 0 Å². The van der Waals surface area contributed by atoms with E-state index in [9.17, 15) is 22.8 Å². The molecule has 1 aliphatic carbocycles. The number of carbonyl (C=O) groups is 2. The Balaban J connectivity index is 2.38. The average molecular weight is 282 g/mol. The van der Waals surface area contributed by atoms with Crippen molar-refractivity contribution in [2.24, 2.45) is 5.92 Å². The minimum absolute atomic E-state index is 0.0490. The molecule has 0 spiro atoms. The Morgan fingerprint density at radius 3 is 2.42 bits per heavy atom. The topological polar surface area (TPSA) is 69.6 Å². The molecule has 1 aliphatic rings. The highest BCUT2D eigenvalue weighted by Gasteiger charge is 2.40. The van der Waals surface area contributed by atoms with Crippen molar-refractivity contribution in [2.45, 2.75) is 38.4 Å². The molecule has 1 unspecified atom stereocenters. The number of nitrogens with zero attached hydrogens (tertiary/aromatic N) is 1. The van der Waals surface area contributed by atoms with E-state index in [4.69, 9.17) is 5.11 Å². The standard InChI is InChI=1S/C11H17F3N2O3/c1-7(9(17)18)4-5-15-10(19)16(8-2-3-8)6-11(12,13)14/h7-8H,2-6H2,1H3,(H,15,19)(H,17,18). The number of hydrogen-bond acceptors (Lipinski definition) is 2. The molecule has 1 fully saturated rings. The van der Waals surface area contributed by atoms with Crippen molar-refractivity contribution in [3.05, 3.63) is 0 Å². The van der Waals surface area contributed by atoms with Crippen LogP contribution < -0.4 is 5.32 Å². The van der Waals surface area contributed by atoms with Crippen LogP contribution in [-0.2, 0) is 4.79 Å². The number of amides is 2. The average Bonchev–Trinajstić information content (AvgIpc) is 3.07. The summed E-state index contributed by atoms with van der Waals surface area (Å²) in [6, 6.07) is -1.13. The molecule has 0 saturated heterocycles. The molecular formula is C11H17F3N2O3. The highest BCUT2D eigenvalue weighted by molar-refractivity contribution is 5.75. The van der Waals surface area contributed by atoms with Crippen LogP contribution >= 0.6 is 0 Å². The number of carbonyl (C=O) groups excluding carboxylic acids is 1. The van der Waals surface area contributed by atoms with Gasteiger partial charge in [-0.05, 0) is 19.3 Å². The van der Waals surface area contributed by atoms with E-state index in [1.165, 1.54) is 6.92 Å². The Morgan fingerprint density at radius 1 is 1.42 bits per heavy atom. The molecule has 8 heteroatoms. The van der Waals surface area contributed by atoms with E-state index in [2.05, 4.69) is 5.32 Å². The lowest BCUT2D eigenvalue weighted by atomic mass is 10.1. The molecule has 0 aliphatic heterocycles. The van der Waals surface area contributed by atoms with Gasteiger partial charge in [-0.2, -0.15) is 13.2 Å². The molecule has 0 bridgehead atoms. The van der Waals surface area contributed by atoms with Gasteiger partial charge < -0.3 is 15.3 Å². The zero-order chi connectivity index (χ0) is 14.6. The number of aliphatic carboxylic acids is 1. The number of nitrogens with one attached hydrogen (secondary N) is 1. The molecule has 2 N–H and O–H groups in total. The SMILES string of the molecule is CC(CCNC(=O)N(CC(F)(F)F)C1CC1)C(=O)O. The summed E-state index contributed by atoms with van der Waals surface area (Å²) in [5.41, 5.74) is 0. The minimum Gasteiger partial charge on any atom is -0.481 e. The van der Waals surface area contributed by atoms with Crippen molar-refractivity contribution in [3.63, 3.8) is 0 Å². The van der Waals surface area contributed by atoms with Crippen LogP contribution in [0.15, 0.2) is 0 Å². The third-order valence-corrected chi connectivity index (χ3v) is 2.87. The molecule has 1 rings (SSSR count). The fraction of sp³-hybridized carbons (Fsp3) is 0.818. The van der Waals surface area contributed by atoms with Gasteiger partial charge in [0.1, 0.15) is 6.54 Å². The third kappa shape index (κ3) is 5.80. The lowest BCUT2D eigenvalue weighted by Crippen LogP contribution is -2.46. The summed E-state index contributed by atoms with van der Waals surface area (Å²) in [5, 5.41) is 11.0. The lowest BCUT2D eigenvalue weighted by molar-refractivity contribution is -0.141. The summed E-state index contributed by atoms with van der Waals surface area (Å²) in [5.74, 6) is -1.64. The molecule has 0 aromatic rings.